The van der Waals surface area contributed by atoms with Gasteiger partial charge in [-0.2, -0.15) is 0 Å². The predicted octanol–water partition coefficient (Wildman–Crippen LogP) is 3.50. The monoisotopic (exact) mass is 299 g/mol. The van der Waals surface area contributed by atoms with Crippen LogP contribution in [0.4, 0.5) is 11.5 Å². The molecule has 0 amide bonds. The Bertz CT molecular complexity index is 796. The number of carbonyl (C=O) groups is 1. The maximum Gasteiger partial charge on any atom is 0.356 e. The maximum atomic E-state index is 11.5. The van der Waals surface area contributed by atoms with Gasteiger partial charge in [0.1, 0.15) is 5.65 Å². The van der Waals surface area contributed by atoms with Gasteiger partial charge in [-0.3, -0.25) is 4.40 Å². The van der Waals surface area contributed by atoms with E-state index in [-0.39, 0.29) is 5.69 Å². The summed E-state index contributed by atoms with van der Waals surface area (Å²) in [6.45, 7) is 0. The van der Waals surface area contributed by atoms with Gasteiger partial charge in [-0.25, -0.2) is 9.78 Å². The number of hydrogen-bond acceptors (Lipinski definition) is 4. The van der Waals surface area contributed by atoms with E-state index in [2.05, 4.69) is 10.3 Å². The maximum absolute atomic E-state index is 11.5. The van der Waals surface area contributed by atoms with Gasteiger partial charge in [0, 0.05) is 16.8 Å². The Morgan fingerprint density at radius 2 is 2.00 bits per heavy atom. The van der Waals surface area contributed by atoms with Crippen LogP contribution in [0.2, 0.25) is 0 Å². The standard InChI is InChI=1S/C15H13N3O2S/c1-21-11-7-5-10(6-8-11)16-14-13(15(19)20)18-9-3-2-4-12(18)17-14/h2-9,16H,1H3,(H,19,20). The van der Waals surface area contributed by atoms with Crippen LogP contribution in [0.5, 0.6) is 0 Å². The average molecular weight is 299 g/mol. The molecule has 0 aliphatic rings. The number of aromatic nitrogens is 2. The SMILES string of the molecule is CSc1ccc(Nc2nc3ccccn3c2C(=O)O)cc1. The first-order valence-electron chi connectivity index (χ1n) is 6.30. The van der Waals surface area contributed by atoms with Gasteiger partial charge in [-0.05, 0) is 42.7 Å². The van der Waals surface area contributed by atoms with E-state index in [1.54, 1.807) is 34.5 Å². The number of pyridine rings is 1. The molecule has 0 radical (unpaired) electrons. The van der Waals surface area contributed by atoms with Crippen LogP contribution in [0.15, 0.2) is 53.6 Å². The summed E-state index contributed by atoms with van der Waals surface area (Å²) in [6, 6.07) is 13.1. The van der Waals surface area contributed by atoms with E-state index >= 15 is 0 Å². The average Bonchev–Trinajstić information content (AvgIpc) is 2.86. The number of anilines is 2. The van der Waals surface area contributed by atoms with E-state index in [1.807, 2.05) is 36.6 Å². The number of hydrogen-bond donors (Lipinski definition) is 2. The molecule has 0 spiro atoms. The Morgan fingerprint density at radius 3 is 2.67 bits per heavy atom. The van der Waals surface area contributed by atoms with Crippen LogP contribution in [0.1, 0.15) is 10.5 Å². The summed E-state index contributed by atoms with van der Waals surface area (Å²) in [7, 11) is 0. The van der Waals surface area contributed by atoms with Crippen LogP contribution in [-0.4, -0.2) is 26.7 Å². The van der Waals surface area contributed by atoms with Gasteiger partial charge in [0.2, 0.25) is 0 Å². The molecule has 0 atom stereocenters. The molecule has 5 nitrogen and oxygen atoms in total. The van der Waals surface area contributed by atoms with E-state index in [9.17, 15) is 9.90 Å². The molecule has 106 valence electrons. The fourth-order valence-corrected chi connectivity index (χ4v) is 2.51. The lowest BCUT2D eigenvalue weighted by Crippen LogP contribution is -2.05. The van der Waals surface area contributed by atoms with Crippen LogP contribution < -0.4 is 5.32 Å². The van der Waals surface area contributed by atoms with E-state index in [0.29, 0.717) is 11.5 Å². The van der Waals surface area contributed by atoms with Gasteiger partial charge in [0.05, 0.1) is 0 Å². The summed E-state index contributed by atoms with van der Waals surface area (Å²) in [4.78, 5) is 17.0. The topological polar surface area (TPSA) is 66.6 Å². The number of thioether (sulfide) groups is 1. The summed E-state index contributed by atoms with van der Waals surface area (Å²) < 4.78 is 1.56. The van der Waals surface area contributed by atoms with Crippen molar-refractivity contribution in [2.24, 2.45) is 0 Å². The summed E-state index contributed by atoms with van der Waals surface area (Å²) in [6.07, 6.45) is 3.70. The number of fused-ring (bicyclic) bond motifs is 1. The molecule has 0 unspecified atom stereocenters. The highest BCUT2D eigenvalue weighted by Crippen LogP contribution is 2.24. The van der Waals surface area contributed by atoms with Crippen molar-refractivity contribution < 1.29 is 9.90 Å². The molecule has 2 N–H and O–H groups in total. The van der Waals surface area contributed by atoms with Crippen LogP contribution in [-0.2, 0) is 0 Å². The number of nitrogens with one attached hydrogen (secondary N) is 1. The zero-order valence-corrected chi connectivity index (χ0v) is 12.1. The van der Waals surface area contributed by atoms with Gasteiger partial charge in [0.15, 0.2) is 11.5 Å². The normalized spacial score (nSPS) is 10.7. The van der Waals surface area contributed by atoms with E-state index < -0.39 is 5.97 Å². The highest BCUT2D eigenvalue weighted by Gasteiger charge is 2.18. The summed E-state index contributed by atoms with van der Waals surface area (Å²) in [5.74, 6) is -0.678. The molecule has 0 aliphatic heterocycles. The second kappa shape index (κ2) is 5.49. The van der Waals surface area contributed by atoms with E-state index in [4.69, 9.17) is 0 Å². The second-order valence-corrected chi connectivity index (χ2v) is 5.28. The fraction of sp³-hybridized carbons (Fsp3) is 0.0667. The van der Waals surface area contributed by atoms with Crippen LogP contribution in [0.25, 0.3) is 5.65 Å². The van der Waals surface area contributed by atoms with Crippen molar-refractivity contribution in [1.82, 2.24) is 9.38 Å². The van der Waals surface area contributed by atoms with Crippen molar-refractivity contribution >= 4 is 34.9 Å². The first-order valence-corrected chi connectivity index (χ1v) is 7.53. The van der Waals surface area contributed by atoms with Crippen molar-refractivity contribution in [2.75, 3.05) is 11.6 Å². The van der Waals surface area contributed by atoms with Gasteiger partial charge in [-0.15, -0.1) is 11.8 Å². The minimum Gasteiger partial charge on any atom is -0.476 e. The molecular weight excluding hydrogens is 286 g/mol. The number of benzene rings is 1. The fourth-order valence-electron chi connectivity index (χ4n) is 2.10. The first kappa shape index (κ1) is 13.5. The molecule has 6 heteroatoms. The number of rotatable bonds is 4. The predicted molar refractivity (Wildman–Crippen MR) is 83.7 cm³/mol. The largest absolute Gasteiger partial charge is 0.476 e. The second-order valence-electron chi connectivity index (χ2n) is 4.40. The molecule has 2 aromatic heterocycles. The van der Waals surface area contributed by atoms with Crippen molar-refractivity contribution in [3.8, 4) is 0 Å². The molecular formula is C15H13N3O2S. The zero-order valence-electron chi connectivity index (χ0n) is 11.3. The lowest BCUT2D eigenvalue weighted by Gasteiger charge is -2.05. The zero-order chi connectivity index (χ0) is 14.8. The molecule has 3 rings (SSSR count). The first-order chi connectivity index (χ1) is 10.2. The highest BCUT2D eigenvalue weighted by molar-refractivity contribution is 7.98. The third kappa shape index (κ3) is 2.57. The van der Waals surface area contributed by atoms with Crippen LogP contribution in [0.3, 0.4) is 0 Å². The van der Waals surface area contributed by atoms with Crippen LogP contribution in [0, 0.1) is 0 Å². The van der Waals surface area contributed by atoms with Gasteiger partial charge < -0.3 is 10.4 Å². The number of carboxylic acid groups (broad SMARTS) is 1. The minimum atomic E-state index is -1.02. The van der Waals surface area contributed by atoms with Crippen molar-refractivity contribution in [3.63, 3.8) is 0 Å². The molecule has 0 saturated heterocycles. The molecule has 1 aromatic carbocycles. The van der Waals surface area contributed by atoms with Crippen molar-refractivity contribution in [3.05, 3.63) is 54.4 Å². The molecule has 0 aliphatic carbocycles. The third-order valence-electron chi connectivity index (χ3n) is 3.09. The Hall–Kier alpha value is -2.47. The molecule has 21 heavy (non-hydrogen) atoms. The molecule has 2 heterocycles. The number of imidazole rings is 1. The molecule has 0 bridgehead atoms. The smallest absolute Gasteiger partial charge is 0.356 e. The number of carboxylic acids is 1. The minimum absolute atomic E-state index is 0.125. The Morgan fingerprint density at radius 1 is 1.24 bits per heavy atom. The van der Waals surface area contributed by atoms with Gasteiger partial charge in [-0.1, -0.05) is 6.07 Å². The highest BCUT2D eigenvalue weighted by atomic mass is 32.2. The third-order valence-corrected chi connectivity index (χ3v) is 3.83. The van der Waals surface area contributed by atoms with E-state index in [0.717, 1.165) is 10.6 Å². The summed E-state index contributed by atoms with van der Waals surface area (Å²) in [5.41, 5.74) is 1.52. The van der Waals surface area contributed by atoms with E-state index in [1.165, 1.54) is 0 Å². The summed E-state index contributed by atoms with van der Waals surface area (Å²) >= 11 is 1.65. The lowest BCUT2D eigenvalue weighted by atomic mass is 10.3. The van der Waals surface area contributed by atoms with Crippen molar-refractivity contribution in [1.29, 1.82) is 0 Å². The molecule has 0 fully saturated rings. The lowest BCUT2D eigenvalue weighted by molar-refractivity contribution is 0.0690. The number of aromatic carboxylic acids is 1. The Kier molecular flexibility index (Phi) is 3.53. The van der Waals surface area contributed by atoms with Gasteiger partial charge in [0.25, 0.3) is 0 Å². The number of nitrogens with zero attached hydrogens (tertiary/aromatic N) is 2. The Labute approximate surface area is 125 Å². The van der Waals surface area contributed by atoms with Gasteiger partial charge >= 0.3 is 5.97 Å². The quantitative estimate of drug-likeness (QED) is 0.722. The van der Waals surface area contributed by atoms with Crippen molar-refractivity contribution in [2.45, 2.75) is 4.90 Å². The molecule has 3 aromatic rings. The van der Waals surface area contributed by atoms with Crippen LogP contribution >= 0.6 is 11.8 Å². The summed E-state index contributed by atoms with van der Waals surface area (Å²) in [5, 5.41) is 12.5. The Balaban J connectivity index is 2.02. The molecule has 0 saturated carbocycles.